The summed E-state index contributed by atoms with van der Waals surface area (Å²) in [6, 6.07) is 8.83. The van der Waals surface area contributed by atoms with E-state index in [4.69, 9.17) is 0 Å². The predicted molar refractivity (Wildman–Crippen MR) is 82.9 cm³/mol. The Morgan fingerprint density at radius 1 is 1.20 bits per heavy atom. The molecule has 1 aromatic carbocycles. The summed E-state index contributed by atoms with van der Waals surface area (Å²) in [5.41, 5.74) is 2.52. The second-order valence-electron chi connectivity index (χ2n) is 5.69. The third kappa shape index (κ3) is 4.53. The van der Waals surface area contributed by atoms with Crippen LogP contribution in [0.5, 0.6) is 0 Å². The van der Waals surface area contributed by atoms with Crippen molar-refractivity contribution in [1.29, 1.82) is 0 Å². The molecule has 1 amide bonds. The minimum Gasteiger partial charge on any atom is -0.372 e. The Hall–Kier alpha value is -1.55. The first-order valence-electron chi connectivity index (χ1n) is 7.49. The topological polar surface area (TPSA) is 44.4 Å². The maximum absolute atomic E-state index is 11.5. The lowest BCUT2D eigenvalue weighted by atomic mass is 10.2. The number of nitrogens with zero attached hydrogens (tertiary/aromatic N) is 1. The maximum Gasteiger partial charge on any atom is 0.234 e. The average Bonchev–Trinajstić information content (AvgIpc) is 2.92. The van der Waals surface area contributed by atoms with Crippen LogP contribution < -0.4 is 15.5 Å². The fourth-order valence-corrected chi connectivity index (χ4v) is 2.49. The molecule has 1 aliphatic heterocycles. The molecule has 0 radical (unpaired) electrons. The highest BCUT2D eigenvalue weighted by atomic mass is 16.1. The summed E-state index contributed by atoms with van der Waals surface area (Å²) >= 11 is 0. The number of hydrogen-bond acceptors (Lipinski definition) is 3. The Bertz CT molecular complexity index is 422. The molecule has 0 bridgehead atoms. The minimum atomic E-state index is 0.0497. The first kappa shape index (κ1) is 14.9. The average molecular weight is 275 g/mol. The van der Waals surface area contributed by atoms with E-state index in [1.54, 1.807) is 0 Å². The zero-order valence-electron chi connectivity index (χ0n) is 12.5. The number of rotatable bonds is 6. The van der Waals surface area contributed by atoms with Gasteiger partial charge >= 0.3 is 0 Å². The number of anilines is 1. The Balaban J connectivity index is 1.75. The molecule has 1 heterocycles. The van der Waals surface area contributed by atoms with Gasteiger partial charge in [0.15, 0.2) is 0 Å². The van der Waals surface area contributed by atoms with Crippen LogP contribution >= 0.6 is 0 Å². The van der Waals surface area contributed by atoms with E-state index < -0.39 is 0 Å². The molecule has 1 aromatic rings. The van der Waals surface area contributed by atoms with Crippen LogP contribution in [-0.4, -0.2) is 31.6 Å². The van der Waals surface area contributed by atoms with Crippen molar-refractivity contribution in [2.45, 2.75) is 39.3 Å². The molecule has 110 valence electrons. The Kier molecular flexibility index (Phi) is 5.41. The molecule has 2 N–H and O–H groups in total. The third-order valence-corrected chi connectivity index (χ3v) is 3.47. The molecule has 1 saturated heterocycles. The summed E-state index contributed by atoms with van der Waals surface area (Å²) in [6.07, 6.45) is 2.60. The van der Waals surface area contributed by atoms with Crippen molar-refractivity contribution in [1.82, 2.24) is 10.6 Å². The molecule has 4 heteroatoms. The van der Waals surface area contributed by atoms with Crippen molar-refractivity contribution in [3.63, 3.8) is 0 Å². The van der Waals surface area contributed by atoms with Crippen LogP contribution in [0.2, 0.25) is 0 Å². The number of benzene rings is 1. The fourth-order valence-electron chi connectivity index (χ4n) is 2.49. The van der Waals surface area contributed by atoms with E-state index in [2.05, 4.69) is 39.8 Å². The molecular weight excluding hydrogens is 250 g/mol. The quantitative estimate of drug-likeness (QED) is 0.833. The molecular formula is C16H25N3O. The second-order valence-corrected chi connectivity index (χ2v) is 5.69. The second kappa shape index (κ2) is 7.29. The molecule has 20 heavy (non-hydrogen) atoms. The standard InChI is InChI=1S/C16H25N3O/c1-13(2)18-16(20)12-17-11-14-5-7-15(8-6-14)19-9-3-4-10-19/h5-8,13,17H,3-4,9-12H2,1-2H3,(H,18,20). The van der Waals surface area contributed by atoms with Gasteiger partial charge in [-0.1, -0.05) is 12.1 Å². The number of carbonyl (C=O) groups excluding carboxylic acids is 1. The van der Waals surface area contributed by atoms with Gasteiger partial charge in [0.05, 0.1) is 6.54 Å². The van der Waals surface area contributed by atoms with E-state index in [0.29, 0.717) is 6.54 Å². The molecule has 2 rings (SSSR count). The molecule has 0 spiro atoms. The van der Waals surface area contributed by atoms with Gasteiger partial charge in [0.2, 0.25) is 5.91 Å². The summed E-state index contributed by atoms with van der Waals surface area (Å²) in [5.74, 6) is 0.0497. The van der Waals surface area contributed by atoms with Crippen LogP contribution in [0.4, 0.5) is 5.69 Å². The number of hydrogen-bond donors (Lipinski definition) is 2. The van der Waals surface area contributed by atoms with Crippen molar-refractivity contribution in [3.05, 3.63) is 29.8 Å². The van der Waals surface area contributed by atoms with Crippen LogP contribution in [0.3, 0.4) is 0 Å². The molecule has 1 fully saturated rings. The van der Waals surface area contributed by atoms with Crippen LogP contribution in [-0.2, 0) is 11.3 Å². The van der Waals surface area contributed by atoms with Crippen LogP contribution in [0.25, 0.3) is 0 Å². The Morgan fingerprint density at radius 2 is 1.85 bits per heavy atom. The smallest absolute Gasteiger partial charge is 0.234 e. The van der Waals surface area contributed by atoms with E-state index in [1.807, 2.05) is 13.8 Å². The minimum absolute atomic E-state index is 0.0497. The van der Waals surface area contributed by atoms with Gasteiger partial charge in [0.1, 0.15) is 0 Å². The van der Waals surface area contributed by atoms with Crippen LogP contribution in [0.1, 0.15) is 32.3 Å². The van der Waals surface area contributed by atoms with Crippen molar-refractivity contribution in [2.75, 3.05) is 24.5 Å². The number of amides is 1. The van der Waals surface area contributed by atoms with E-state index in [0.717, 1.165) is 6.54 Å². The van der Waals surface area contributed by atoms with Crippen LogP contribution in [0.15, 0.2) is 24.3 Å². The summed E-state index contributed by atoms with van der Waals surface area (Å²) in [4.78, 5) is 13.9. The Labute approximate surface area is 121 Å². The lowest BCUT2D eigenvalue weighted by Crippen LogP contribution is -2.37. The summed E-state index contributed by atoms with van der Waals surface area (Å²) in [7, 11) is 0. The van der Waals surface area contributed by atoms with Crippen molar-refractivity contribution >= 4 is 11.6 Å². The third-order valence-electron chi connectivity index (χ3n) is 3.47. The highest BCUT2D eigenvalue weighted by Crippen LogP contribution is 2.20. The zero-order valence-corrected chi connectivity index (χ0v) is 12.5. The SMILES string of the molecule is CC(C)NC(=O)CNCc1ccc(N2CCCC2)cc1. The van der Waals surface area contributed by atoms with E-state index in [1.165, 1.54) is 37.2 Å². The molecule has 0 atom stereocenters. The van der Waals surface area contributed by atoms with Gasteiger partial charge in [-0.05, 0) is 44.4 Å². The lowest BCUT2D eigenvalue weighted by molar-refractivity contribution is -0.120. The van der Waals surface area contributed by atoms with E-state index in [-0.39, 0.29) is 11.9 Å². The lowest BCUT2D eigenvalue weighted by Gasteiger charge is -2.17. The normalized spacial score (nSPS) is 14.8. The van der Waals surface area contributed by atoms with Gasteiger partial charge in [-0.2, -0.15) is 0 Å². The zero-order chi connectivity index (χ0) is 14.4. The van der Waals surface area contributed by atoms with Crippen LogP contribution in [0, 0.1) is 0 Å². The number of carbonyl (C=O) groups is 1. The highest BCUT2D eigenvalue weighted by Gasteiger charge is 2.11. The summed E-state index contributed by atoms with van der Waals surface area (Å²) in [6.45, 7) is 7.38. The maximum atomic E-state index is 11.5. The summed E-state index contributed by atoms with van der Waals surface area (Å²) < 4.78 is 0. The first-order chi connectivity index (χ1) is 9.65. The predicted octanol–water partition coefficient (Wildman–Crippen LogP) is 1.90. The monoisotopic (exact) mass is 275 g/mol. The molecule has 0 aromatic heterocycles. The van der Waals surface area contributed by atoms with Gasteiger partial charge in [0.25, 0.3) is 0 Å². The number of nitrogens with one attached hydrogen (secondary N) is 2. The molecule has 0 unspecified atom stereocenters. The highest BCUT2D eigenvalue weighted by molar-refractivity contribution is 5.78. The molecule has 0 saturated carbocycles. The fraction of sp³-hybridized carbons (Fsp3) is 0.562. The first-order valence-corrected chi connectivity index (χ1v) is 7.49. The summed E-state index contributed by atoms with van der Waals surface area (Å²) in [5, 5.41) is 6.04. The van der Waals surface area contributed by atoms with Gasteiger partial charge in [-0.25, -0.2) is 0 Å². The van der Waals surface area contributed by atoms with Crippen molar-refractivity contribution in [3.8, 4) is 0 Å². The van der Waals surface area contributed by atoms with Crippen molar-refractivity contribution < 1.29 is 4.79 Å². The largest absolute Gasteiger partial charge is 0.372 e. The molecule has 4 nitrogen and oxygen atoms in total. The van der Waals surface area contributed by atoms with Gasteiger partial charge in [-0.3, -0.25) is 4.79 Å². The van der Waals surface area contributed by atoms with Gasteiger partial charge in [0, 0.05) is 31.4 Å². The van der Waals surface area contributed by atoms with Gasteiger partial charge in [-0.15, -0.1) is 0 Å². The molecule has 0 aliphatic carbocycles. The van der Waals surface area contributed by atoms with E-state index in [9.17, 15) is 4.79 Å². The Morgan fingerprint density at radius 3 is 2.45 bits per heavy atom. The van der Waals surface area contributed by atoms with E-state index >= 15 is 0 Å². The van der Waals surface area contributed by atoms with Gasteiger partial charge < -0.3 is 15.5 Å². The van der Waals surface area contributed by atoms with Crippen molar-refractivity contribution in [2.24, 2.45) is 0 Å². The molecule has 1 aliphatic rings.